The first-order chi connectivity index (χ1) is 17.8. The highest BCUT2D eigenvalue weighted by Crippen LogP contribution is 2.25. The minimum absolute atomic E-state index is 0.0190. The number of rotatable bonds is 9. The molecule has 1 N–H and O–H groups in total. The van der Waals surface area contributed by atoms with Crippen molar-refractivity contribution in [3.8, 4) is 5.75 Å². The summed E-state index contributed by atoms with van der Waals surface area (Å²) in [7, 11) is 0. The van der Waals surface area contributed by atoms with Crippen LogP contribution in [-0.4, -0.2) is 34.9 Å². The molecule has 2 amide bonds. The van der Waals surface area contributed by atoms with Gasteiger partial charge in [0.1, 0.15) is 11.8 Å². The Balaban J connectivity index is 1.91. The molecular formula is C32H39ClN2O3. The number of carbonyl (C=O) groups is 2. The molecule has 5 nitrogen and oxygen atoms in total. The van der Waals surface area contributed by atoms with E-state index in [2.05, 4.69) is 26.1 Å². The summed E-state index contributed by atoms with van der Waals surface area (Å²) in [4.78, 5) is 28.9. The van der Waals surface area contributed by atoms with Gasteiger partial charge in [0.2, 0.25) is 5.91 Å². The van der Waals surface area contributed by atoms with Gasteiger partial charge in [0.05, 0.1) is 0 Å². The van der Waals surface area contributed by atoms with Crippen LogP contribution in [0.5, 0.6) is 5.75 Å². The fraction of sp³-hybridized carbons (Fsp3) is 0.375. The zero-order chi connectivity index (χ0) is 27.9. The number of carbonyl (C=O) groups excluding carboxylic acids is 2. The molecule has 3 rings (SSSR count). The number of ether oxygens (including phenoxy) is 1. The van der Waals surface area contributed by atoms with Crippen LogP contribution < -0.4 is 10.1 Å². The maximum atomic E-state index is 13.7. The van der Waals surface area contributed by atoms with Crippen molar-refractivity contribution in [1.29, 1.82) is 0 Å². The Morgan fingerprint density at radius 2 is 1.47 bits per heavy atom. The monoisotopic (exact) mass is 534 g/mol. The topological polar surface area (TPSA) is 58.6 Å². The third-order valence-electron chi connectivity index (χ3n) is 6.15. The molecular weight excluding hydrogens is 496 g/mol. The molecule has 0 aliphatic carbocycles. The van der Waals surface area contributed by atoms with Gasteiger partial charge in [-0.1, -0.05) is 93.0 Å². The predicted molar refractivity (Wildman–Crippen MR) is 154 cm³/mol. The summed E-state index contributed by atoms with van der Waals surface area (Å²) < 4.78 is 5.91. The molecule has 3 aromatic carbocycles. The molecule has 3 aromatic rings. The third-order valence-corrected chi connectivity index (χ3v) is 6.52. The van der Waals surface area contributed by atoms with Crippen molar-refractivity contribution >= 4 is 23.4 Å². The Bertz CT molecular complexity index is 1210. The van der Waals surface area contributed by atoms with E-state index >= 15 is 0 Å². The van der Waals surface area contributed by atoms with Crippen LogP contribution in [-0.2, 0) is 28.0 Å². The van der Waals surface area contributed by atoms with Crippen molar-refractivity contribution in [3.05, 3.63) is 101 Å². The van der Waals surface area contributed by atoms with Gasteiger partial charge in [-0.15, -0.1) is 0 Å². The Morgan fingerprint density at radius 3 is 2.05 bits per heavy atom. The van der Waals surface area contributed by atoms with Crippen molar-refractivity contribution in [2.24, 2.45) is 0 Å². The number of hydrogen-bond donors (Lipinski definition) is 1. The maximum Gasteiger partial charge on any atom is 0.261 e. The van der Waals surface area contributed by atoms with E-state index in [1.165, 1.54) is 5.56 Å². The summed E-state index contributed by atoms with van der Waals surface area (Å²) in [5.41, 5.74) is 2.45. The molecule has 38 heavy (non-hydrogen) atoms. The lowest BCUT2D eigenvalue weighted by Crippen LogP contribution is -2.55. The molecule has 0 bridgehead atoms. The average Bonchev–Trinajstić information content (AvgIpc) is 2.85. The normalized spacial score (nSPS) is 12.5. The van der Waals surface area contributed by atoms with Gasteiger partial charge in [-0.25, -0.2) is 0 Å². The Labute approximate surface area is 232 Å². The van der Waals surface area contributed by atoms with Gasteiger partial charge in [0, 0.05) is 23.5 Å². The number of nitrogens with zero attached hydrogens (tertiary/aromatic N) is 1. The van der Waals surface area contributed by atoms with Gasteiger partial charge in [-0.2, -0.15) is 0 Å². The first-order valence-electron chi connectivity index (χ1n) is 13.0. The minimum Gasteiger partial charge on any atom is -0.484 e. The molecule has 6 heteroatoms. The van der Waals surface area contributed by atoms with E-state index in [9.17, 15) is 9.59 Å². The molecule has 202 valence electrons. The lowest BCUT2D eigenvalue weighted by Gasteiger charge is -2.34. The van der Waals surface area contributed by atoms with Crippen molar-refractivity contribution in [2.45, 2.75) is 71.5 Å². The van der Waals surface area contributed by atoms with E-state index in [-0.39, 0.29) is 30.4 Å². The first-order valence-corrected chi connectivity index (χ1v) is 13.3. The van der Waals surface area contributed by atoms with Crippen molar-refractivity contribution in [2.75, 3.05) is 6.61 Å². The molecule has 0 spiro atoms. The zero-order valence-electron chi connectivity index (χ0n) is 23.3. The van der Waals surface area contributed by atoms with Crippen LogP contribution in [0.4, 0.5) is 0 Å². The highest BCUT2D eigenvalue weighted by atomic mass is 35.5. The van der Waals surface area contributed by atoms with Crippen LogP contribution in [0.3, 0.4) is 0 Å². The molecule has 0 radical (unpaired) electrons. The highest BCUT2D eigenvalue weighted by Gasteiger charge is 2.32. The van der Waals surface area contributed by atoms with Gasteiger partial charge < -0.3 is 15.0 Å². The Kier molecular flexibility index (Phi) is 9.61. The standard InChI is InChI=1S/C32H39ClN2O3/c1-31(2,3)25-16-18-26(19-17-25)38-22-29(36)35(21-24-14-10-11-15-27(24)33)28(30(37)34-32(4,5)6)20-23-12-8-7-9-13-23/h7-19,28H,20-22H2,1-6H3,(H,34,37)/t28-/m0/s1. The zero-order valence-corrected chi connectivity index (χ0v) is 24.0. The number of amides is 2. The summed E-state index contributed by atoms with van der Waals surface area (Å²) in [5.74, 6) is 0.0777. The van der Waals surface area contributed by atoms with Gasteiger partial charge >= 0.3 is 0 Å². The third kappa shape index (κ3) is 8.63. The molecule has 0 saturated heterocycles. The molecule has 0 aliphatic rings. The number of nitrogens with one attached hydrogen (secondary N) is 1. The van der Waals surface area contributed by atoms with Gasteiger partial charge in [0.15, 0.2) is 6.61 Å². The van der Waals surface area contributed by atoms with E-state index in [0.717, 1.165) is 11.1 Å². The summed E-state index contributed by atoms with van der Waals surface area (Å²) >= 11 is 6.48. The van der Waals surface area contributed by atoms with Crippen LogP contribution in [0.15, 0.2) is 78.9 Å². The van der Waals surface area contributed by atoms with Crippen LogP contribution in [0, 0.1) is 0 Å². The van der Waals surface area contributed by atoms with E-state index in [1.807, 2.05) is 93.6 Å². The van der Waals surface area contributed by atoms with Crippen LogP contribution in [0.1, 0.15) is 58.2 Å². The molecule has 0 aliphatic heterocycles. The number of halogens is 1. The predicted octanol–water partition coefficient (Wildman–Crippen LogP) is 6.57. The summed E-state index contributed by atoms with van der Waals surface area (Å²) in [5, 5.41) is 3.60. The van der Waals surface area contributed by atoms with E-state index in [4.69, 9.17) is 16.3 Å². The lowest BCUT2D eigenvalue weighted by atomic mass is 9.87. The fourth-order valence-corrected chi connectivity index (χ4v) is 4.29. The van der Waals surface area contributed by atoms with Crippen LogP contribution in [0.2, 0.25) is 5.02 Å². The van der Waals surface area contributed by atoms with Gasteiger partial charge in [0.25, 0.3) is 5.91 Å². The smallest absolute Gasteiger partial charge is 0.261 e. The van der Waals surface area contributed by atoms with E-state index in [0.29, 0.717) is 17.2 Å². The highest BCUT2D eigenvalue weighted by molar-refractivity contribution is 6.31. The molecule has 1 atom stereocenters. The molecule has 0 unspecified atom stereocenters. The van der Waals surface area contributed by atoms with Crippen LogP contribution >= 0.6 is 11.6 Å². The van der Waals surface area contributed by atoms with E-state index < -0.39 is 11.6 Å². The molecule has 0 saturated carbocycles. The summed E-state index contributed by atoms with van der Waals surface area (Å²) in [6.07, 6.45) is 0.360. The van der Waals surface area contributed by atoms with Crippen molar-refractivity contribution < 1.29 is 14.3 Å². The van der Waals surface area contributed by atoms with Crippen molar-refractivity contribution in [1.82, 2.24) is 10.2 Å². The average molecular weight is 535 g/mol. The Morgan fingerprint density at radius 1 is 0.868 bits per heavy atom. The van der Waals surface area contributed by atoms with Gasteiger partial charge in [-0.05, 0) is 61.1 Å². The van der Waals surface area contributed by atoms with E-state index in [1.54, 1.807) is 11.0 Å². The van der Waals surface area contributed by atoms with Crippen LogP contribution in [0.25, 0.3) is 0 Å². The molecule has 0 heterocycles. The summed E-state index contributed by atoms with van der Waals surface area (Å²) in [6, 6.07) is 24.1. The lowest BCUT2D eigenvalue weighted by molar-refractivity contribution is -0.143. The first kappa shape index (κ1) is 29.2. The maximum absolute atomic E-state index is 13.7. The fourth-order valence-electron chi connectivity index (χ4n) is 4.10. The second-order valence-corrected chi connectivity index (χ2v) is 12.0. The molecule has 0 aromatic heterocycles. The SMILES string of the molecule is CC(C)(C)NC(=O)[C@H](Cc1ccccc1)N(Cc1ccccc1Cl)C(=O)COc1ccc(C(C)(C)C)cc1. The van der Waals surface area contributed by atoms with Gasteiger partial charge in [-0.3, -0.25) is 9.59 Å². The molecule has 0 fully saturated rings. The van der Waals surface area contributed by atoms with Crippen molar-refractivity contribution in [3.63, 3.8) is 0 Å². The minimum atomic E-state index is -0.757. The Hall–Kier alpha value is -3.31. The largest absolute Gasteiger partial charge is 0.484 e. The number of benzene rings is 3. The number of hydrogen-bond acceptors (Lipinski definition) is 3. The summed E-state index contributed by atoms with van der Waals surface area (Å²) in [6.45, 7) is 12.2. The second-order valence-electron chi connectivity index (χ2n) is 11.6. The quantitative estimate of drug-likeness (QED) is 0.338. The second kappa shape index (κ2) is 12.5.